The number of aromatic nitrogens is 3. The minimum Gasteiger partial charge on any atom is -0.487 e. The van der Waals surface area contributed by atoms with Gasteiger partial charge in [-0.1, -0.05) is 0 Å². The van der Waals surface area contributed by atoms with Crippen LogP contribution in [0.1, 0.15) is 29.8 Å². The summed E-state index contributed by atoms with van der Waals surface area (Å²) in [6.45, 7) is 2.24. The van der Waals surface area contributed by atoms with Gasteiger partial charge < -0.3 is 14.8 Å². The van der Waals surface area contributed by atoms with Crippen molar-refractivity contribution in [3.63, 3.8) is 0 Å². The summed E-state index contributed by atoms with van der Waals surface area (Å²) in [5.74, 6) is -0.256. The molecular weight excluding hydrogens is 389 g/mol. The summed E-state index contributed by atoms with van der Waals surface area (Å²) in [5, 5.41) is 6.66. The van der Waals surface area contributed by atoms with Gasteiger partial charge in [0.2, 0.25) is 0 Å². The van der Waals surface area contributed by atoms with Crippen LogP contribution in [0.3, 0.4) is 0 Å². The van der Waals surface area contributed by atoms with E-state index < -0.39 is 24.3 Å². The van der Waals surface area contributed by atoms with Crippen molar-refractivity contribution in [1.82, 2.24) is 14.6 Å². The minimum atomic E-state index is -4.52. The van der Waals surface area contributed by atoms with Crippen molar-refractivity contribution in [3.8, 4) is 11.5 Å². The molecule has 1 aliphatic heterocycles. The molecule has 1 amide bonds. The number of fused-ring (bicyclic) bond motifs is 2. The first kappa shape index (κ1) is 19.0. The summed E-state index contributed by atoms with van der Waals surface area (Å²) in [4.78, 5) is 16.9. The van der Waals surface area contributed by atoms with Crippen molar-refractivity contribution in [3.05, 3.63) is 47.9 Å². The number of alkyl halides is 3. The smallest absolute Gasteiger partial charge is 0.422 e. The Morgan fingerprint density at radius 1 is 1.38 bits per heavy atom. The van der Waals surface area contributed by atoms with Crippen LogP contribution < -0.4 is 14.8 Å². The number of nitrogens with zero attached hydrogens (tertiary/aromatic N) is 3. The lowest BCUT2D eigenvalue weighted by Crippen LogP contribution is -2.24. The lowest BCUT2D eigenvalue weighted by atomic mass is 10.0. The zero-order chi connectivity index (χ0) is 20.8. The Morgan fingerprint density at radius 2 is 2.17 bits per heavy atom. The predicted octanol–water partition coefficient (Wildman–Crippen LogP) is 3.64. The van der Waals surface area contributed by atoms with Gasteiger partial charge in [0.25, 0.3) is 5.91 Å². The van der Waals surface area contributed by atoms with Crippen LogP contribution in [-0.2, 0) is 6.42 Å². The topological polar surface area (TPSA) is 77.8 Å². The molecule has 0 bridgehead atoms. The van der Waals surface area contributed by atoms with E-state index in [9.17, 15) is 18.0 Å². The summed E-state index contributed by atoms with van der Waals surface area (Å²) in [6.07, 6.45) is 0.510. The summed E-state index contributed by atoms with van der Waals surface area (Å²) in [5.41, 5.74) is 0.897. The summed E-state index contributed by atoms with van der Waals surface area (Å²) in [7, 11) is 0. The molecule has 3 aromatic rings. The maximum atomic E-state index is 12.8. The van der Waals surface area contributed by atoms with E-state index in [1.165, 1.54) is 23.0 Å². The van der Waals surface area contributed by atoms with Gasteiger partial charge >= 0.3 is 6.18 Å². The summed E-state index contributed by atoms with van der Waals surface area (Å²) in [6, 6.07) is 4.61. The molecule has 3 heterocycles. The molecule has 0 unspecified atom stereocenters. The molecule has 0 aliphatic carbocycles. The Bertz CT molecular complexity index is 1090. The van der Waals surface area contributed by atoms with E-state index in [2.05, 4.69) is 15.4 Å². The van der Waals surface area contributed by atoms with Crippen LogP contribution in [0.5, 0.6) is 11.5 Å². The minimum absolute atomic E-state index is 0.120. The fourth-order valence-corrected chi connectivity index (χ4v) is 3.19. The van der Waals surface area contributed by atoms with Crippen LogP contribution in [-0.4, -0.2) is 38.9 Å². The first-order chi connectivity index (χ1) is 13.6. The zero-order valence-electron chi connectivity index (χ0n) is 15.6. The van der Waals surface area contributed by atoms with Gasteiger partial charge in [-0.2, -0.15) is 18.3 Å². The zero-order valence-corrected chi connectivity index (χ0v) is 15.6. The van der Waals surface area contributed by atoms with Crippen molar-refractivity contribution < 1.29 is 27.4 Å². The van der Waals surface area contributed by atoms with Crippen molar-refractivity contribution in [2.75, 3.05) is 11.9 Å². The van der Waals surface area contributed by atoms with E-state index in [0.29, 0.717) is 17.8 Å². The highest BCUT2D eigenvalue weighted by molar-refractivity contribution is 6.08. The molecule has 0 atom stereocenters. The number of hydrogen-bond donors (Lipinski definition) is 1. The molecule has 0 fully saturated rings. The third-order valence-corrected chi connectivity index (χ3v) is 4.33. The predicted molar refractivity (Wildman–Crippen MR) is 97.3 cm³/mol. The summed E-state index contributed by atoms with van der Waals surface area (Å²) < 4.78 is 50.1. The number of rotatable bonds is 4. The maximum absolute atomic E-state index is 12.8. The van der Waals surface area contributed by atoms with Crippen LogP contribution in [0.25, 0.3) is 5.65 Å². The number of amides is 1. The number of anilines is 1. The molecule has 1 N–H and O–H groups in total. The van der Waals surface area contributed by atoms with Crippen molar-refractivity contribution in [1.29, 1.82) is 0 Å². The van der Waals surface area contributed by atoms with Crippen LogP contribution >= 0.6 is 0 Å². The van der Waals surface area contributed by atoms with E-state index in [4.69, 9.17) is 9.47 Å². The first-order valence-corrected chi connectivity index (χ1v) is 8.76. The van der Waals surface area contributed by atoms with Gasteiger partial charge in [-0.3, -0.25) is 4.79 Å². The average molecular weight is 406 g/mol. The van der Waals surface area contributed by atoms with E-state index in [0.717, 1.165) is 5.56 Å². The number of hydrogen-bond acceptors (Lipinski definition) is 5. The highest BCUT2D eigenvalue weighted by Gasteiger charge is 2.33. The third-order valence-electron chi connectivity index (χ3n) is 4.33. The standard InChI is InChI=1S/C19H17F3N4O3/c1-18(2)8-11-6-13(15(7-14(11)29-18)28-10-19(20,21)22)25-17(27)12-9-24-26-5-3-4-23-16(12)26/h3-7,9H,8,10H2,1-2H3,(H,25,27). The second kappa shape index (κ2) is 6.64. The van der Waals surface area contributed by atoms with Gasteiger partial charge in [0.1, 0.15) is 22.7 Å². The molecule has 0 spiro atoms. The Labute approximate surface area is 163 Å². The quantitative estimate of drug-likeness (QED) is 0.716. The molecule has 0 radical (unpaired) electrons. The van der Waals surface area contributed by atoms with Crippen LogP contribution in [0.4, 0.5) is 18.9 Å². The molecule has 152 valence electrons. The Kier molecular flexibility index (Phi) is 4.36. The highest BCUT2D eigenvalue weighted by atomic mass is 19.4. The normalized spacial score (nSPS) is 15.1. The Balaban J connectivity index is 1.67. The van der Waals surface area contributed by atoms with Gasteiger partial charge in [-0.15, -0.1) is 0 Å². The number of carbonyl (C=O) groups is 1. The van der Waals surface area contributed by atoms with Gasteiger partial charge in [-0.25, -0.2) is 9.50 Å². The van der Waals surface area contributed by atoms with Crippen molar-refractivity contribution in [2.45, 2.75) is 32.0 Å². The number of carbonyl (C=O) groups excluding carboxylic acids is 1. The lowest BCUT2D eigenvalue weighted by Gasteiger charge is -2.17. The molecule has 0 saturated carbocycles. The molecule has 29 heavy (non-hydrogen) atoms. The molecule has 0 saturated heterocycles. The molecule has 1 aliphatic rings. The highest BCUT2D eigenvalue weighted by Crippen LogP contribution is 2.41. The SMILES string of the molecule is CC1(C)Cc2cc(NC(=O)c3cnn4cccnc34)c(OCC(F)(F)F)cc2O1. The van der Waals surface area contributed by atoms with Gasteiger partial charge in [-0.05, 0) is 26.0 Å². The van der Waals surface area contributed by atoms with Gasteiger partial charge in [0.05, 0.1) is 11.9 Å². The van der Waals surface area contributed by atoms with Crippen LogP contribution in [0, 0.1) is 0 Å². The molecule has 2 aromatic heterocycles. The first-order valence-electron chi connectivity index (χ1n) is 8.76. The van der Waals surface area contributed by atoms with Gasteiger partial charge in [0, 0.05) is 30.4 Å². The number of halogens is 3. The monoisotopic (exact) mass is 406 g/mol. The molecule has 7 nitrogen and oxygen atoms in total. The number of ether oxygens (including phenoxy) is 2. The molecule has 1 aromatic carbocycles. The molecular formula is C19H17F3N4O3. The fourth-order valence-electron chi connectivity index (χ4n) is 3.19. The average Bonchev–Trinajstić information content (AvgIpc) is 3.18. The van der Waals surface area contributed by atoms with Crippen molar-refractivity contribution in [2.24, 2.45) is 0 Å². The fraction of sp³-hybridized carbons (Fsp3) is 0.316. The maximum Gasteiger partial charge on any atom is 0.422 e. The van der Waals surface area contributed by atoms with E-state index in [-0.39, 0.29) is 17.0 Å². The van der Waals surface area contributed by atoms with Crippen LogP contribution in [0.15, 0.2) is 36.8 Å². The van der Waals surface area contributed by atoms with Crippen LogP contribution in [0.2, 0.25) is 0 Å². The molecule has 4 rings (SSSR count). The van der Waals surface area contributed by atoms with E-state index in [1.54, 1.807) is 18.3 Å². The van der Waals surface area contributed by atoms with Crippen molar-refractivity contribution >= 4 is 17.2 Å². The lowest BCUT2D eigenvalue weighted by molar-refractivity contribution is -0.153. The third kappa shape index (κ3) is 3.96. The largest absolute Gasteiger partial charge is 0.487 e. The Morgan fingerprint density at radius 3 is 2.93 bits per heavy atom. The number of nitrogens with one attached hydrogen (secondary N) is 1. The second-order valence-corrected chi connectivity index (χ2v) is 7.30. The Hall–Kier alpha value is -3.30. The van der Waals surface area contributed by atoms with Gasteiger partial charge in [0.15, 0.2) is 12.3 Å². The summed E-state index contributed by atoms with van der Waals surface area (Å²) >= 11 is 0. The van der Waals surface area contributed by atoms with E-state index in [1.807, 2.05) is 13.8 Å². The van der Waals surface area contributed by atoms with E-state index >= 15 is 0 Å². The number of benzene rings is 1. The molecule has 10 heteroatoms. The second-order valence-electron chi connectivity index (χ2n) is 7.30.